The molecule has 1 aromatic heterocycles. The molecule has 0 aliphatic carbocycles. The molecule has 0 atom stereocenters. The maximum atomic E-state index is 13.7. The lowest BCUT2D eigenvalue weighted by atomic mass is 10.1. The number of hydrogen-bond donors (Lipinski definition) is 2. The van der Waals surface area contributed by atoms with Crippen molar-refractivity contribution in [3.8, 4) is 0 Å². The van der Waals surface area contributed by atoms with E-state index in [-0.39, 0.29) is 6.54 Å². The number of benzene rings is 1. The topological polar surface area (TPSA) is 101 Å². The van der Waals surface area contributed by atoms with Crippen LogP contribution in [0.2, 0.25) is 0 Å². The third-order valence-corrected chi connectivity index (χ3v) is 2.49. The second kappa shape index (κ2) is 5.43. The number of H-pyrrole nitrogens is 1. The van der Waals surface area contributed by atoms with Crippen molar-refractivity contribution in [2.24, 2.45) is 0 Å². The minimum atomic E-state index is -1.50. The van der Waals surface area contributed by atoms with Crippen molar-refractivity contribution in [3.63, 3.8) is 0 Å². The zero-order valence-electron chi connectivity index (χ0n) is 9.89. The van der Waals surface area contributed by atoms with Gasteiger partial charge in [-0.15, -0.1) is 0 Å². The smallest absolute Gasteiger partial charge is 0.305 e. The Labute approximate surface area is 110 Å². The number of carbonyl (C=O) groups is 1. The lowest BCUT2D eigenvalue weighted by Crippen LogP contribution is -2.25. The van der Waals surface area contributed by atoms with Crippen LogP contribution in [0.5, 0.6) is 0 Å². The Bertz CT molecular complexity index is 658. The van der Waals surface area contributed by atoms with Crippen LogP contribution in [-0.4, -0.2) is 21.0 Å². The molecule has 2 rings (SSSR count). The van der Waals surface area contributed by atoms with Crippen LogP contribution in [-0.2, 0) is 6.54 Å². The Balaban J connectivity index is 2.25. The lowest BCUT2D eigenvalue weighted by molar-refractivity contribution is -0.387. The first-order valence-corrected chi connectivity index (χ1v) is 5.39. The van der Waals surface area contributed by atoms with Gasteiger partial charge in [-0.05, 0) is 12.1 Å². The normalized spacial score (nSPS) is 10.3. The molecule has 0 fully saturated rings. The van der Waals surface area contributed by atoms with Crippen LogP contribution in [0.1, 0.15) is 16.1 Å². The average molecular weight is 282 g/mol. The minimum absolute atomic E-state index is 0.0413. The van der Waals surface area contributed by atoms with Crippen LogP contribution in [0.4, 0.5) is 14.5 Å². The fraction of sp³-hybridized carbons (Fsp3) is 0.0909. The number of nitro groups is 1. The molecule has 0 saturated heterocycles. The van der Waals surface area contributed by atoms with Crippen molar-refractivity contribution >= 4 is 11.6 Å². The molecule has 1 aromatic carbocycles. The number of rotatable bonds is 4. The summed E-state index contributed by atoms with van der Waals surface area (Å²) >= 11 is 0. The lowest BCUT2D eigenvalue weighted by Gasteiger charge is -2.06. The number of carbonyl (C=O) groups excluding carboxylic acids is 1. The molecule has 2 N–H and O–H groups in total. The quantitative estimate of drug-likeness (QED) is 0.655. The monoisotopic (exact) mass is 282 g/mol. The molecule has 1 heterocycles. The summed E-state index contributed by atoms with van der Waals surface area (Å²) < 4.78 is 27.2. The number of halogens is 2. The maximum Gasteiger partial charge on any atom is 0.305 e. The van der Waals surface area contributed by atoms with Crippen LogP contribution < -0.4 is 5.32 Å². The van der Waals surface area contributed by atoms with E-state index < -0.39 is 33.7 Å². The van der Waals surface area contributed by atoms with Gasteiger partial charge in [0, 0.05) is 12.3 Å². The van der Waals surface area contributed by atoms with Gasteiger partial charge in [-0.1, -0.05) is 0 Å². The number of hydrogen-bond acceptors (Lipinski definition) is 4. The predicted molar refractivity (Wildman–Crippen MR) is 62.8 cm³/mol. The zero-order valence-corrected chi connectivity index (χ0v) is 9.89. The molecule has 9 heteroatoms. The summed E-state index contributed by atoms with van der Waals surface area (Å²) in [6.07, 6.45) is 1.44. The molecule has 20 heavy (non-hydrogen) atoms. The molecular weight excluding hydrogens is 274 g/mol. The van der Waals surface area contributed by atoms with E-state index in [1.807, 2.05) is 0 Å². The maximum absolute atomic E-state index is 13.7. The van der Waals surface area contributed by atoms with Gasteiger partial charge in [0.15, 0.2) is 0 Å². The Kier molecular flexibility index (Phi) is 3.69. The second-order valence-electron chi connectivity index (χ2n) is 3.78. The highest BCUT2D eigenvalue weighted by molar-refractivity contribution is 5.95. The highest BCUT2D eigenvalue weighted by atomic mass is 19.1. The van der Waals surface area contributed by atoms with Gasteiger partial charge in [0.1, 0.15) is 11.4 Å². The van der Waals surface area contributed by atoms with Crippen LogP contribution in [0, 0.1) is 21.7 Å². The number of aromatic nitrogens is 2. The third-order valence-electron chi connectivity index (χ3n) is 2.49. The Morgan fingerprint density at radius 1 is 1.40 bits per heavy atom. The summed E-state index contributed by atoms with van der Waals surface area (Å²) in [7, 11) is 0. The van der Waals surface area contributed by atoms with E-state index in [1.54, 1.807) is 6.07 Å². The molecule has 0 radical (unpaired) electrons. The summed E-state index contributed by atoms with van der Waals surface area (Å²) in [5.41, 5.74) is -1.43. The van der Waals surface area contributed by atoms with Crippen molar-refractivity contribution in [1.29, 1.82) is 0 Å². The first kappa shape index (κ1) is 13.6. The van der Waals surface area contributed by atoms with Crippen molar-refractivity contribution in [2.45, 2.75) is 6.54 Å². The Morgan fingerprint density at radius 3 is 2.75 bits per heavy atom. The highest BCUT2D eigenvalue weighted by Crippen LogP contribution is 2.22. The van der Waals surface area contributed by atoms with E-state index >= 15 is 0 Å². The number of nitro benzene ring substituents is 1. The fourth-order valence-corrected chi connectivity index (χ4v) is 1.54. The van der Waals surface area contributed by atoms with E-state index in [4.69, 9.17) is 0 Å². The first-order chi connectivity index (χ1) is 9.50. The number of nitrogens with one attached hydrogen (secondary N) is 2. The van der Waals surface area contributed by atoms with Gasteiger partial charge in [-0.25, -0.2) is 4.39 Å². The molecular formula is C11H8F2N4O3. The van der Waals surface area contributed by atoms with E-state index in [9.17, 15) is 23.7 Å². The van der Waals surface area contributed by atoms with Gasteiger partial charge in [-0.3, -0.25) is 20.0 Å². The van der Waals surface area contributed by atoms with E-state index in [1.165, 1.54) is 6.20 Å². The van der Waals surface area contributed by atoms with Crippen LogP contribution in [0.15, 0.2) is 24.4 Å². The van der Waals surface area contributed by atoms with Gasteiger partial charge in [0.25, 0.3) is 5.91 Å². The number of aromatic amines is 1. The molecule has 0 unspecified atom stereocenters. The van der Waals surface area contributed by atoms with Crippen LogP contribution >= 0.6 is 0 Å². The molecule has 104 valence electrons. The second-order valence-corrected chi connectivity index (χ2v) is 3.78. The fourth-order valence-electron chi connectivity index (χ4n) is 1.54. The molecule has 0 saturated carbocycles. The average Bonchev–Trinajstić information content (AvgIpc) is 2.89. The number of nitrogens with zero attached hydrogens (tertiary/aromatic N) is 2. The molecule has 7 nitrogen and oxygen atoms in total. The summed E-state index contributed by atoms with van der Waals surface area (Å²) in [5, 5.41) is 19.0. The Morgan fingerprint density at radius 2 is 2.15 bits per heavy atom. The van der Waals surface area contributed by atoms with E-state index in [0.29, 0.717) is 17.8 Å². The van der Waals surface area contributed by atoms with Crippen LogP contribution in [0.25, 0.3) is 0 Å². The van der Waals surface area contributed by atoms with E-state index in [0.717, 1.165) is 0 Å². The predicted octanol–water partition coefficient (Wildman–Crippen LogP) is 1.53. The molecule has 0 aliphatic rings. The van der Waals surface area contributed by atoms with Gasteiger partial charge < -0.3 is 5.32 Å². The molecule has 0 aliphatic heterocycles. The molecule has 0 bridgehead atoms. The van der Waals surface area contributed by atoms with Gasteiger partial charge in [0.2, 0.25) is 5.82 Å². The highest BCUT2D eigenvalue weighted by Gasteiger charge is 2.25. The molecule has 2 aromatic rings. The summed E-state index contributed by atoms with van der Waals surface area (Å²) in [6, 6.07) is 2.89. The summed E-state index contributed by atoms with van der Waals surface area (Å²) in [5.74, 6) is -3.76. The largest absolute Gasteiger partial charge is 0.346 e. The zero-order chi connectivity index (χ0) is 14.7. The van der Waals surface area contributed by atoms with Crippen molar-refractivity contribution in [1.82, 2.24) is 15.5 Å². The molecule has 0 spiro atoms. The van der Waals surface area contributed by atoms with Crippen molar-refractivity contribution < 1.29 is 18.5 Å². The van der Waals surface area contributed by atoms with Gasteiger partial charge in [-0.2, -0.15) is 9.49 Å². The minimum Gasteiger partial charge on any atom is -0.346 e. The van der Waals surface area contributed by atoms with Crippen molar-refractivity contribution in [3.05, 3.63) is 57.4 Å². The van der Waals surface area contributed by atoms with Crippen LogP contribution in [0.3, 0.4) is 0 Å². The third kappa shape index (κ3) is 2.60. The summed E-state index contributed by atoms with van der Waals surface area (Å²) in [6.45, 7) is -0.0413. The number of amides is 1. The molecule has 1 amide bonds. The Hall–Kier alpha value is -2.84. The SMILES string of the molecule is O=C(NCc1ccn[nH]1)c1c(F)ccc([N+](=O)[O-])c1F. The first-order valence-electron chi connectivity index (χ1n) is 5.39. The van der Waals surface area contributed by atoms with E-state index in [2.05, 4.69) is 15.5 Å². The summed E-state index contributed by atoms with van der Waals surface area (Å²) in [4.78, 5) is 21.2. The standard InChI is InChI=1S/C11H8F2N4O3/c12-7-1-2-8(17(19)20)10(13)9(7)11(18)14-5-6-3-4-15-16-6/h1-4H,5H2,(H,14,18)(H,15,16). The van der Waals surface area contributed by atoms with Gasteiger partial charge >= 0.3 is 5.69 Å². The van der Waals surface area contributed by atoms with Crippen molar-refractivity contribution in [2.75, 3.05) is 0 Å². The van der Waals surface area contributed by atoms with Gasteiger partial charge in [0.05, 0.1) is 17.2 Å².